The highest BCUT2D eigenvalue weighted by molar-refractivity contribution is 7.12. The summed E-state index contributed by atoms with van der Waals surface area (Å²) in [5.74, 6) is -4.70. The van der Waals surface area contributed by atoms with Crippen molar-refractivity contribution in [1.29, 1.82) is 5.41 Å². The van der Waals surface area contributed by atoms with Crippen LogP contribution < -0.4 is 15.8 Å². The standard InChI is InChI=1S/C23H28FN3O7S/c1-3-23(4-2,22(33)27-15(20(30)31)10-18(28)29)11-13-6-8-17(35-13)21(32)34-16-7-5-12(19(25)26)9-14(16)24/h5-9,15,21,32H,3-4,10-11H2,1-2H3,(H3,25,26)(H,27,33)(H,28,29)(H,30,31)/t15-,21?/m0/s1. The topological polar surface area (TPSA) is 183 Å². The summed E-state index contributed by atoms with van der Waals surface area (Å²) in [6.07, 6.45) is -1.32. The Kier molecular flexibility index (Phi) is 9.32. The maximum Gasteiger partial charge on any atom is 0.326 e. The van der Waals surface area contributed by atoms with E-state index in [1.165, 1.54) is 12.1 Å². The van der Waals surface area contributed by atoms with Gasteiger partial charge in [-0.3, -0.25) is 15.0 Å². The molecule has 190 valence electrons. The quantitative estimate of drug-likeness (QED) is 0.135. The van der Waals surface area contributed by atoms with Gasteiger partial charge in [0.05, 0.1) is 16.7 Å². The van der Waals surface area contributed by atoms with Crippen LogP contribution in [0.4, 0.5) is 4.39 Å². The molecule has 1 aromatic carbocycles. The van der Waals surface area contributed by atoms with Crippen molar-refractivity contribution in [3.05, 3.63) is 51.5 Å². The first-order valence-electron chi connectivity index (χ1n) is 10.7. The fourth-order valence-electron chi connectivity index (χ4n) is 3.49. The first-order valence-corrected chi connectivity index (χ1v) is 11.6. The zero-order valence-electron chi connectivity index (χ0n) is 19.2. The Morgan fingerprint density at radius 1 is 1.20 bits per heavy atom. The molecule has 0 saturated carbocycles. The summed E-state index contributed by atoms with van der Waals surface area (Å²) in [4.78, 5) is 36.4. The smallest absolute Gasteiger partial charge is 0.326 e. The molecule has 1 heterocycles. The molecule has 2 aromatic rings. The van der Waals surface area contributed by atoms with E-state index in [-0.39, 0.29) is 23.6 Å². The average molecular weight is 510 g/mol. The molecule has 0 aliphatic heterocycles. The van der Waals surface area contributed by atoms with Crippen LogP contribution in [0.1, 0.15) is 54.7 Å². The van der Waals surface area contributed by atoms with Crippen LogP contribution in [0, 0.1) is 16.6 Å². The van der Waals surface area contributed by atoms with Crippen molar-refractivity contribution < 1.29 is 38.8 Å². The number of carbonyl (C=O) groups excluding carboxylic acids is 1. The van der Waals surface area contributed by atoms with Gasteiger partial charge in [0.15, 0.2) is 11.6 Å². The van der Waals surface area contributed by atoms with Crippen molar-refractivity contribution in [3.8, 4) is 5.75 Å². The highest BCUT2D eigenvalue weighted by Crippen LogP contribution is 2.36. The number of aliphatic hydroxyl groups is 1. The Labute approximate surface area is 205 Å². The van der Waals surface area contributed by atoms with E-state index in [4.69, 9.17) is 21.0 Å². The minimum Gasteiger partial charge on any atom is -0.481 e. The molecule has 10 nitrogen and oxygen atoms in total. The second-order valence-electron chi connectivity index (χ2n) is 7.96. The number of thiophene rings is 1. The summed E-state index contributed by atoms with van der Waals surface area (Å²) < 4.78 is 19.5. The number of nitrogens with one attached hydrogen (secondary N) is 2. The van der Waals surface area contributed by atoms with E-state index in [1.807, 2.05) is 0 Å². The number of nitrogens with two attached hydrogens (primary N) is 1. The molecule has 1 amide bonds. The van der Waals surface area contributed by atoms with Crippen LogP contribution in [0.2, 0.25) is 0 Å². The summed E-state index contributed by atoms with van der Waals surface area (Å²) in [5, 5.41) is 38.3. The summed E-state index contributed by atoms with van der Waals surface area (Å²) in [6, 6.07) is 5.36. The number of hydrogen-bond donors (Lipinski definition) is 6. The van der Waals surface area contributed by atoms with Gasteiger partial charge in [-0.2, -0.15) is 0 Å². The lowest BCUT2D eigenvalue weighted by atomic mass is 9.77. The molecule has 0 saturated heterocycles. The molecule has 0 radical (unpaired) electrons. The van der Waals surface area contributed by atoms with Gasteiger partial charge in [-0.1, -0.05) is 13.8 Å². The van der Waals surface area contributed by atoms with E-state index in [9.17, 15) is 29.0 Å². The lowest BCUT2D eigenvalue weighted by molar-refractivity contribution is -0.148. The number of benzene rings is 1. The maximum atomic E-state index is 14.2. The summed E-state index contributed by atoms with van der Waals surface area (Å²) in [5.41, 5.74) is 4.50. The summed E-state index contributed by atoms with van der Waals surface area (Å²) in [6.45, 7) is 3.55. The lowest BCUT2D eigenvalue weighted by Gasteiger charge is -2.31. The first kappa shape index (κ1) is 27.7. The van der Waals surface area contributed by atoms with Gasteiger partial charge in [-0.05, 0) is 49.6 Å². The van der Waals surface area contributed by atoms with E-state index >= 15 is 0 Å². The number of nitrogen functional groups attached to an aromatic ring is 1. The predicted octanol–water partition coefficient (Wildman–Crippen LogP) is 2.63. The van der Waals surface area contributed by atoms with Gasteiger partial charge >= 0.3 is 11.9 Å². The fourth-order valence-corrected chi connectivity index (χ4v) is 4.56. The van der Waals surface area contributed by atoms with Gasteiger partial charge in [-0.25, -0.2) is 9.18 Å². The molecule has 0 bridgehead atoms. The second kappa shape index (κ2) is 11.8. The SMILES string of the molecule is CCC(CC)(Cc1ccc(C(O)Oc2ccc(C(=N)N)cc2F)s1)C(=O)N[C@@H](CC(=O)O)C(=O)O. The zero-order chi connectivity index (χ0) is 26.3. The molecule has 1 aromatic heterocycles. The van der Waals surface area contributed by atoms with Gasteiger partial charge in [0.2, 0.25) is 12.2 Å². The van der Waals surface area contributed by atoms with Gasteiger partial charge in [0, 0.05) is 10.4 Å². The van der Waals surface area contributed by atoms with E-state index in [2.05, 4.69) is 5.32 Å². The second-order valence-corrected chi connectivity index (χ2v) is 9.16. The maximum absolute atomic E-state index is 14.2. The van der Waals surface area contributed by atoms with Crippen molar-refractivity contribution in [2.24, 2.45) is 11.1 Å². The van der Waals surface area contributed by atoms with E-state index in [0.717, 1.165) is 17.4 Å². The number of carboxylic acids is 2. The normalized spacial score (nSPS) is 13.0. The van der Waals surface area contributed by atoms with Crippen LogP contribution in [0.25, 0.3) is 0 Å². The Hall–Kier alpha value is -3.51. The van der Waals surface area contributed by atoms with E-state index in [0.29, 0.717) is 22.6 Å². The highest BCUT2D eigenvalue weighted by atomic mass is 32.1. The van der Waals surface area contributed by atoms with Gasteiger partial charge in [0.1, 0.15) is 11.9 Å². The molecule has 12 heteroatoms. The number of carboxylic acid groups (broad SMARTS) is 2. The highest BCUT2D eigenvalue weighted by Gasteiger charge is 2.38. The monoisotopic (exact) mass is 509 g/mol. The number of ether oxygens (including phenoxy) is 1. The Morgan fingerprint density at radius 2 is 1.86 bits per heavy atom. The minimum absolute atomic E-state index is 0.171. The van der Waals surface area contributed by atoms with Crippen LogP contribution >= 0.6 is 11.3 Å². The van der Waals surface area contributed by atoms with E-state index < -0.39 is 47.8 Å². The third-order valence-electron chi connectivity index (χ3n) is 5.74. The number of rotatable bonds is 13. The van der Waals surface area contributed by atoms with E-state index in [1.54, 1.807) is 26.0 Å². The number of carbonyl (C=O) groups is 3. The van der Waals surface area contributed by atoms with Crippen molar-refractivity contribution in [3.63, 3.8) is 0 Å². The first-order chi connectivity index (χ1) is 16.4. The van der Waals surface area contributed by atoms with Crippen LogP contribution in [0.15, 0.2) is 30.3 Å². The third kappa shape index (κ3) is 6.99. The van der Waals surface area contributed by atoms with Crippen LogP contribution in [-0.2, 0) is 20.8 Å². The Balaban J connectivity index is 2.17. The number of halogens is 1. The van der Waals surface area contributed by atoms with Crippen LogP contribution in [0.5, 0.6) is 5.75 Å². The molecule has 7 N–H and O–H groups in total. The molecular weight excluding hydrogens is 481 g/mol. The number of hydrogen-bond acceptors (Lipinski definition) is 7. The molecule has 0 aliphatic rings. The number of aliphatic carboxylic acids is 2. The number of aliphatic hydroxyl groups excluding tert-OH is 1. The number of amides is 1. The molecular formula is C23H28FN3O7S. The summed E-state index contributed by atoms with van der Waals surface area (Å²) in [7, 11) is 0. The van der Waals surface area contributed by atoms with Crippen LogP contribution in [-0.4, -0.2) is 45.0 Å². The Bertz CT molecular complexity index is 1100. The molecule has 1 unspecified atom stereocenters. The minimum atomic E-state index is -1.56. The van der Waals surface area contributed by atoms with Crippen molar-refractivity contribution in [1.82, 2.24) is 5.32 Å². The molecule has 0 aliphatic carbocycles. The fraction of sp³-hybridized carbons (Fsp3) is 0.391. The van der Waals surface area contributed by atoms with Crippen LogP contribution in [0.3, 0.4) is 0 Å². The molecule has 0 fully saturated rings. The third-order valence-corrected chi connectivity index (χ3v) is 6.85. The van der Waals surface area contributed by atoms with Gasteiger partial charge in [0.25, 0.3) is 0 Å². The Morgan fingerprint density at radius 3 is 2.37 bits per heavy atom. The summed E-state index contributed by atoms with van der Waals surface area (Å²) >= 11 is 1.14. The lowest BCUT2D eigenvalue weighted by Crippen LogP contribution is -2.49. The predicted molar refractivity (Wildman–Crippen MR) is 126 cm³/mol. The molecule has 0 spiro atoms. The van der Waals surface area contributed by atoms with Gasteiger partial charge in [-0.15, -0.1) is 11.3 Å². The zero-order valence-corrected chi connectivity index (χ0v) is 20.0. The van der Waals surface area contributed by atoms with Crippen molar-refractivity contribution in [2.75, 3.05) is 0 Å². The van der Waals surface area contributed by atoms with Gasteiger partial charge < -0.3 is 31.1 Å². The molecule has 35 heavy (non-hydrogen) atoms. The largest absolute Gasteiger partial charge is 0.481 e. The molecule has 2 rings (SSSR count). The molecule has 2 atom stereocenters. The van der Waals surface area contributed by atoms with Crippen molar-refractivity contribution in [2.45, 2.75) is 51.9 Å². The number of amidine groups is 1. The average Bonchev–Trinajstić information content (AvgIpc) is 3.26. The van der Waals surface area contributed by atoms with Crippen molar-refractivity contribution >= 4 is 35.0 Å².